The summed E-state index contributed by atoms with van der Waals surface area (Å²) >= 11 is 0. The number of unbranched alkanes of at least 4 members (excludes halogenated alkanes) is 2. The molecule has 1 amide bonds. The number of carbonyl (C=O) groups excluding carboxylic acids is 1. The fourth-order valence-electron chi connectivity index (χ4n) is 3.00. The van der Waals surface area contributed by atoms with Crippen LogP contribution in [0.5, 0.6) is 5.75 Å². The molecule has 0 atom stereocenters. The number of amides is 1. The molecular weight excluding hydrogens is 286 g/mol. The van der Waals surface area contributed by atoms with Gasteiger partial charge in [0, 0.05) is 12.2 Å². The van der Waals surface area contributed by atoms with Gasteiger partial charge in [0.2, 0.25) is 0 Å². The Hall–Kier alpha value is -2.29. The van der Waals surface area contributed by atoms with Crippen LogP contribution in [-0.4, -0.2) is 19.1 Å². The molecular formula is C20H23NO2. The number of anilines is 1. The number of nitrogens with zero attached hydrogens (tertiary/aromatic N) is 1. The van der Waals surface area contributed by atoms with Gasteiger partial charge in [-0.2, -0.15) is 0 Å². The Labute approximate surface area is 137 Å². The van der Waals surface area contributed by atoms with Gasteiger partial charge in [-0.3, -0.25) is 4.79 Å². The molecule has 0 aromatic heterocycles. The molecule has 23 heavy (non-hydrogen) atoms. The average molecular weight is 309 g/mol. The van der Waals surface area contributed by atoms with E-state index < -0.39 is 0 Å². The molecule has 0 aliphatic carbocycles. The largest absolute Gasteiger partial charge is 0.493 e. The predicted octanol–water partition coefficient (Wildman–Crippen LogP) is 4.46. The summed E-state index contributed by atoms with van der Waals surface area (Å²) in [4.78, 5) is 14.8. The van der Waals surface area contributed by atoms with Gasteiger partial charge in [0.25, 0.3) is 5.91 Å². The molecule has 2 aromatic carbocycles. The molecule has 2 aromatic rings. The number of carbonyl (C=O) groups is 1. The van der Waals surface area contributed by atoms with Crippen LogP contribution in [0.3, 0.4) is 0 Å². The number of hydrogen-bond donors (Lipinski definition) is 0. The lowest BCUT2D eigenvalue weighted by molar-refractivity contribution is 0.0985. The smallest absolute Gasteiger partial charge is 0.262 e. The van der Waals surface area contributed by atoms with Crippen molar-refractivity contribution < 1.29 is 9.53 Å². The van der Waals surface area contributed by atoms with Gasteiger partial charge in [-0.25, -0.2) is 0 Å². The highest BCUT2D eigenvalue weighted by Crippen LogP contribution is 2.30. The molecule has 0 unspecified atom stereocenters. The van der Waals surface area contributed by atoms with Crippen molar-refractivity contribution in [3.8, 4) is 5.75 Å². The number of para-hydroxylation sites is 2. The van der Waals surface area contributed by atoms with Crippen molar-refractivity contribution in [1.29, 1.82) is 0 Å². The Kier molecular flexibility index (Phi) is 4.96. The van der Waals surface area contributed by atoms with Gasteiger partial charge < -0.3 is 9.64 Å². The van der Waals surface area contributed by atoms with Crippen LogP contribution < -0.4 is 9.64 Å². The molecule has 120 valence electrons. The second-order valence-electron chi connectivity index (χ2n) is 5.89. The normalized spacial score (nSPS) is 13.0. The van der Waals surface area contributed by atoms with E-state index in [2.05, 4.69) is 13.0 Å². The maximum Gasteiger partial charge on any atom is 0.262 e. The van der Waals surface area contributed by atoms with Crippen molar-refractivity contribution in [2.45, 2.75) is 32.6 Å². The van der Waals surface area contributed by atoms with Crippen LogP contribution in [0.15, 0.2) is 48.5 Å². The lowest BCUT2D eigenvalue weighted by Crippen LogP contribution is -2.29. The summed E-state index contributed by atoms with van der Waals surface area (Å²) in [6, 6.07) is 15.7. The average Bonchev–Trinajstić information content (AvgIpc) is 3.02. The molecule has 1 aliphatic rings. The molecule has 1 aliphatic heterocycles. The lowest BCUT2D eigenvalue weighted by atomic mass is 10.1. The fraction of sp³-hybridized carbons (Fsp3) is 0.350. The Morgan fingerprint density at radius 2 is 1.87 bits per heavy atom. The number of benzene rings is 2. The zero-order chi connectivity index (χ0) is 16.1. The van der Waals surface area contributed by atoms with Gasteiger partial charge in [-0.05, 0) is 36.6 Å². The molecule has 0 saturated heterocycles. The summed E-state index contributed by atoms with van der Waals surface area (Å²) in [5, 5.41) is 0. The molecule has 0 N–H and O–H groups in total. The molecule has 1 heterocycles. The summed E-state index contributed by atoms with van der Waals surface area (Å²) in [5.74, 6) is 0.721. The van der Waals surface area contributed by atoms with Crippen LogP contribution in [0, 0.1) is 0 Å². The Balaban J connectivity index is 1.78. The van der Waals surface area contributed by atoms with Gasteiger partial charge in [0.15, 0.2) is 0 Å². The fourth-order valence-corrected chi connectivity index (χ4v) is 3.00. The maximum atomic E-state index is 13.0. The van der Waals surface area contributed by atoms with Crippen LogP contribution in [0.1, 0.15) is 42.1 Å². The van der Waals surface area contributed by atoms with Crippen LogP contribution in [0.2, 0.25) is 0 Å². The highest BCUT2D eigenvalue weighted by molar-refractivity contribution is 6.08. The third-order valence-corrected chi connectivity index (χ3v) is 4.26. The minimum atomic E-state index is 0.0287. The standard InChI is InChI=1S/C20H23NO2/c1-2-3-8-15-23-19-12-7-5-10-17(19)20(22)21-14-13-16-9-4-6-11-18(16)21/h4-7,9-12H,2-3,8,13-15H2,1H3. The van der Waals surface area contributed by atoms with Crippen molar-refractivity contribution in [1.82, 2.24) is 0 Å². The third-order valence-electron chi connectivity index (χ3n) is 4.26. The predicted molar refractivity (Wildman–Crippen MR) is 93.3 cm³/mol. The quantitative estimate of drug-likeness (QED) is 0.737. The zero-order valence-corrected chi connectivity index (χ0v) is 13.6. The van der Waals surface area contributed by atoms with Crippen LogP contribution >= 0.6 is 0 Å². The van der Waals surface area contributed by atoms with Gasteiger partial charge in [0.05, 0.1) is 12.2 Å². The Bertz CT molecular complexity index is 681. The molecule has 3 heteroatoms. The van der Waals surface area contributed by atoms with Crippen molar-refractivity contribution in [2.24, 2.45) is 0 Å². The van der Waals surface area contributed by atoms with E-state index >= 15 is 0 Å². The number of ether oxygens (including phenoxy) is 1. The highest BCUT2D eigenvalue weighted by Gasteiger charge is 2.26. The minimum absolute atomic E-state index is 0.0287. The Morgan fingerprint density at radius 3 is 2.74 bits per heavy atom. The van der Waals surface area contributed by atoms with Crippen molar-refractivity contribution in [3.63, 3.8) is 0 Å². The molecule has 3 nitrogen and oxygen atoms in total. The van der Waals surface area contributed by atoms with Crippen molar-refractivity contribution >= 4 is 11.6 Å². The van der Waals surface area contributed by atoms with E-state index in [1.54, 1.807) is 0 Å². The van der Waals surface area contributed by atoms with E-state index in [0.717, 1.165) is 37.9 Å². The highest BCUT2D eigenvalue weighted by atomic mass is 16.5. The molecule has 0 bridgehead atoms. The Morgan fingerprint density at radius 1 is 1.09 bits per heavy atom. The van der Waals surface area contributed by atoms with Gasteiger partial charge in [-0.15, -0.1) is 0 Å². The summed E-state index contributed by atoms with van der Waals surface area (Å²) in [6.07, 6.45) is 4.25. The zero-order valence-electron chi connectivity index (χ0n) is 13.6. The van der Waals surface area contributed by atoms with Crippen molar-refractivity contribution in [3.05, 3.63) is 59.7 Å². The SMILES string of the molecule is CCCCCOc1ccccc1C(=O)N1CCc2ccccc21. The molecule has 0 radical (unpaired) electrons. The van der Waals surface area contributed by atoms with Gasteiger partial charge >= 0.3 is 0 Å². The van der Waals surface area contributed by atoms with E-state index in [1.807, 2.05) is 47.4 Å². The lowest BCUT2D eigenvalue weighted by Gasteiger charge is -2.19. The monoisotopic (exact) mass is 309 g/mol. The first-order valence-corrected chi connectivity index (χ1v) is 8.43. The van der Waals surface area contributed by atoms with Crippen molar-refractivity contribution in [2.75, 3.05) is 18.1 Å². The number of rotatable bonds is 6. The van der Waals surface area contributed by atoms with E-state index in [4.69, 9.17) is 4.74 Å². The molecule has 0 saturated carbocycles. The second kappa shape index (κ2) is 7.32. The summed E-state index contributed by atoms with van der Waals surface area (Å²) in [7, 11) is 0. The van der Waals surface area contributed by atoms with E-state index in [-0.39, 0.29) is 5.91 Å². The first-order chi connectivity index (χ1) is 11.3. The molecule has 0 spiro atoms. The van der Waals surface area contributed by atoms with E-state index in [9.17, 15) is 4.79 Å². The topological polar surface area (TPSA) is 29.5 Å². The molecule has 0 fully saturated rings. The van der Waals surface area contributed by atoms with E-state index in [1.165, 1.54) is 5.56 Å². The number of fused-ring (bicyclic) bond motifs is 1. The van der Waals surface area contributed by atoms with Crippen LogP contribution in [-0.2, 0) is 6.42 Å². The van der Waals surface area contributed by atoms with Gasteiger partial charge in [-0.1, -0.05) is 50.1 Å². The van der Waals surface area contributed by atoms with Gasteiger partial charge in [0.1, 0.15) is 5.75 Å². The summed E-state index contributed by atoms with van der Waals surface area (Å²) in [6.45, 7) is 3.57. The maximum absolute atomic E-state index is 13.0. The first-order valence-electron chi connectivity index (χ1n) is 8.43. The first kappa shape index (κ1) is 15.6. The van der Waals surface area contributed by atoms with E-state index in [0.29, 0.717) is 17.9 Å². The number of hydrogen-bond acceptors (Lipinski definition) is 2. The minimum Gasteiger partial charge on any atom is -0.493 e. The summed E-state index contributed by atoms with van der Waals surface area (Å²) in [5.41, 5.74) is 2.92. The second-order valence-corrected chi connectivity index (χ2v) is 5.89. The molecule has 3 rings (SSSR count). The van der Waals surface area contributed by atoms with Crippen LogP contribution in [0.4, 0.5) is 5.69 Å². The van der Waals surface area contributed by atoms with Crippen LogP contribution in [0.25, 0.3) is 0 Å². The summed E-state index contributed by atoms with van der Waals surface area (Å²) < 4.78 is 5.86. The third kappa shape index (κ3) is 3.39.